The van der Waals surface area contributed by atoms with E-state index in [2.05, 4.69) is 0 Å². The Labute approximate surface area is 155 Å². The number of rotatable bonds is 6. The van der Waals surface area contributed by atoms with Gasteiger partial charge in [-0.15, -0.1) is 0 Å². The van der Waals surface area contributed by atoms with Gasteiger partial charge >= 0.3 is 23.9 Å². The summed E-state index contributed by atoms with van der Waals surface area (Å²) < 4.78 is 25.5. The molecule has 0 amide bonds. The highest BCUT2D eigenvalue weighted by molar-refractivity contribution is 5.68. The summed E-state index contributed by atoms with van der Waals surface area (Å²) in [5.41, 5.74) is 0. The quantitative estimate of drug-likeness (QED) is 0.414. The number of esters is 4. The smallest absolute Gasteiger partial charge is 0.303 e. The van der Waals surface area contributed by atoms with Crippen molar-refractivity contribution in [3.63, 3.8) is 0 Å². The Morgan fingerprint density at radius 2 is 1.41 bits per heavy atom. The van der Waals surface area contributed by atoms with Crippen LogP contribution in [0.25, 0.3) is 0 Å². The van der Waals surface area contributed by atoms with Crippen LogP contribution < -0.4 is 0 Å². The van der Waals surface area contributed by atoms with Crippen LogP contribution in [0.5, 0.6) is 0 Å². The molecule has 1 heterocycles. The van der Waals surface area contributed by atoms with Crippen LogP contribution in [-0.2, 0) is 42.9 Å². The lowest BCUT2D eigenvalue weighted by Crippen LogP contribution is -2.71. The highest BCUT2D eigenvalue weighted by Crippen LogP contribution is 2.36. The lowest BCUT2D eigenvalue weighted by Gasteiger charge is -2.49. The third kappa shape index (κ3) is 5.88. The molecule has 0 spiro atoms. The molecule has 0 aromatic heterocycles. The molecule has 27 heavy (non-hydrogen) atoms. The van der Waals surface area contributed by atoms with Crippen molar-refractivity contribution in [2.24, 2.45) is 0 Å². The van der Waals surface area contributed by atoms with Gasteiger partial charge in [-0.3, -0.25) is 19.2 Å². The predicted molar refractivity (Wildman–Crippen MR) is 84.8 cm³/mol. The van der Waals surface area contributed by atoms with E-state index in [-0.39, 0.29) is 0 Å². The summed E-state index contributed by atoms with van der Waals surface area (Å²) in [4.78, 5) is 45.7. The minimum Gasteiger partial charge on any atom is -0.463 e. The fourth-order valence-corrected chi connectivity index (χ4v) is 2.65. The lowest BCUT2D eigenvalue weighted by atomic mass is 9.89. The minimum atomic E-state index is -2.53. The molecule has 11 heteroatoms. The highest BCUT2D eigenvalue weighted by Gasteiger charge is 2.61. The first kappa shape index (κ1) is 22.8. The predicted octanol–water partition coefficient (Wildman–Crippen LogP) is -1.19. The Balaban J connectivity index is 3.41. The zero-order valence-corrected chi connectivity index (χ0v) is 15.7. The highest BCUT2D eigenvalue weighted by atomic mass is 16.7. The van der Waals surface area contributed by atoms with Gasteiger partial charge in [0.25, 0.3) is 0 Å². The fourth-order valence-electron chi connectivity index (χ4n) is 2.65. The molecule has 1 fully saturated rings. The van der Waals surface area contributed by atoms with Gasteiger partial charge in [0, 0.05) is 27.7 Å². The summed E-state index contributed by atoms with van der Waals surface area (Å²) in [6, 6.07) is 0. The van der Waals surface area contributed by atoms with Crippen LogP contribution in [0.2, 0.25) is 0 Å². The molecule has 2 N–H and O–H groups in total. The maximum Gasteiger partial charge on any atom is 0.303 e. The van der Waals surface area contributed by atoms with E-state index in [4.69, 9.17) is 23.7 Å². The van der Waals surface area contributed by atoms with Crippen molar-refractivity contribution in [3.05, 3.63) is 0 Å². The molecule has 0 saturated carbocycles. The number of aliphatic hydroxyl groups is 2. The summed E-state index contributed by atoms with van der Waals surface area (Å²) in [5, 5.41) is 20.8. The van der Waals surface area contributed by atoms with Gasteiger partial charge < -0.3 is 33.9 Å². The average molecular weight is 392 g/mol. The van der Waals surface area contributed by atoms with E-state index < -0.39 is 66.8 Å². The van der Waals surface area contributed by atoms with E-state index in [0.29, 0.717) is 0 Å². The summed E-state index contributed by atoms with van der Waals surface area (Å²) in [7, 11) is 0. The first-order valence-corrected chi connectivity index (χ1v) is 8.11. The Morgan fingerprint density at radius 1 is 0.926 bits per heavy atom. The molecule has 0 aliphatic carbocycles. The molecule has 0 bridgehead atoms. The first-order chi connectivity index (χ1) is 12.4. The number of hydrogen-bond acceptors (Lipinski definition) is 11. The van der Waals surface area contributed by atoms with Crippen LogP contribution >= 0.6 is 0 Å². The van der Waals surface area contributed by atoms with E-state index in [1.54, 1.807) is 0 Å². The van der Waals surface area contributed by atoms with Crippen molar-refractivity contribution in [2.45, 2.75) is 70.9 Å². The number of aliphatic hydroxyl groups excluding tert-OH is 1. The van der Waals surface area contributed by atoms with Crippen LogP contribution in [0.1, 0.15) is 34.6 Å². The van der Waals surface area contributed by atoms with Crippen molar-refractivity contribution in [1.82, 2.24) is 0 Å². The summed E-state index contributed by atoms with van der Waals surface area (Å²) >= 11 is 0. The zero-order chi connectivity index (χ0) is 20.9. The number of carbonyl (C=O) groups is 4. The second-order valence-electron chi connectivity index (χ2n) is 6.06. The Kier molecular flexibility index (Phi) is 7.69. The van der Waals surface area contributed by atoms with Gasteiger partial charge in [0.1, 0.15) is 18.8 Å². The van der Waals surface area contributed by atoms with Crippen molar-refractivity contribution in [2.75, 3.05) is 6.61 Å². The third-order valence-corrected chi connectivity index (χ3v) is 3.68. The van der Waals surface area contributed by atoms with Crippen molar-refractivity contribution in [3.8, 4) is 0 Å². The second kappa shape index (κ2) is 9.11. The molecule has 1 rings (SSSR count). The molecule has 0 radical (unpaired) electrons. The molecule has 0 aromatic rings. The number of ether oxygens (including phenoxy) is 5. The molecular formula is C16H24O11. The van der Waals surface area contributed by atoms with Crippen molar-refractivity contribution in [1.29, 1.82) is 0 Å². The topological polar surface area (TPSA) is 155 Å². The van der Waals surface area contributed by atoms with E-state index >= 15 is 0 Å². The van der Waals surface area contributed by atoms with E-state index in [1.165, 1.54) is 0 Å². The lowest BCUT2D eigenvalue weighted by molar-refractivity contribution is -0.374. The first-order valence-electron chi connectivity index (χ1n) is 8.11. The Morgan fingerprint density at radius 3 is 1.81 bits per heavy atom. The van der Waals surface area contributed by atoms with Gasteiger partial charge in [-0.2, -0.15) is 0 Å². The number of carbonyl (C=O) groups excluding carboxylic acids is 4. The van der Waals surface area contributed by atoms with Crippen LogP contribution in [-0.4, -0.2) is 77.0 Å². The summed E-state index contributed by atoms with van der Waals surface area (Å²) in [5.74, 6) is -5.73. The molecule has 0 aromatic carbocycles. The monoisotopic (exact) mass is 392 g/mol. The molecule has 6 atom stereocenters. The maximum atomic E-state index is 11.6. The largest absolute Gasteiger partial charge is 0.463 e. The molecule has 1 unspecified atom stereocenters. The third-order valence-electron chi connectivity index (χ3n) is 3.68. The molecule has 1 saturated heterocycles. The van der Waals surface area contributed by atoms with Crippen LogP contribution in [0.3, 0.4) is 0 Å². The van der Waals surface area contributed by atoms with Gasteiger partial charge in [-0.25, -0.2) is 0 Å². The molecule has 1 aliphatic rings. The van der Waals surface area contributed by atoms with Gasteiger partial charge in [0.2, 0.25) is 5.79 Å². The standard InChI is InChI=1S/C16H24O11/c1-7(17)16(22)15(26-11(5)21)14(25-10(4)20)13(24-9(3)19)12(27-16)6-23-8(2)18/h7,12-15,17,22H,6H2,1-5H3/t7?,12-,13-,14+,15-,16-/m1/s1. The average Bonchev–Trinajstić information content (AvgIpc) is 2.50. The van der Waals surface area contributed by atoms with Crippen LogP contribution in [0, 0.1) is 0 Å². The molecule has 1 aliphatic heterocycles. The van der Waals surface area contributed by atoms with Gasteiger partial charge in [-0.05, 0) is 6.92 Å². The molecule has 154 valence electrons. The van der Waals surface area contributed by atoms with E-state index in [0.717, 1.165) is 34.6 Å². The Hall–Kier alpha value is -2.24. The number of hydrogen-bond donors (Lipinski definition) is 2. The Bertz CT molecular complexity index is 587. The van der Waals surface area contributed by atoms with Gasteiger partial charge in [0.05, 0.1) is 0 Å². The van der Waals surface area contributed by atoms with Gasteiger partial charge in [-0.1, -0.05) is 0 Å². The second-order valence-corrected chi connectivity index (χ2v) is 6.06. The SMILES string of the molecule is CC(=O)OC[C@H]1O[C@](O)(C(C)O)[C@H](OC(C)=O)[C@@H](OC(C)=O)[C@@H]1OC(C)=O. The minimum absolute atomic E-state index is 0.493. The van der Waals surface area contributed by atoms with Crippen LogP contribution in [0.4, 0.5) is 0 Å². The molecular weight excluding hydrogens is 368 g/mol. The zero-order valence-electron chi connectivity index (χ0n) is 15.7. The maximum absolute atomic E-state index is 11.6. The normalized spacial score (nSPS) is 31.4. The summed E-state index contributed by atoms with van der Waals surface area (Å²) in [6.45, 7) is 4.93. The van der Waals surface area contributed by atoms with Gasteiger partial charge in [0.15, 0.2) is 18.3 Å². The van der Waals surface area contributed by atoms with E-state index in [9.17, 15) is 29.4 Å². The van der Waals surface area contributed by atoms with E-state index in [1.807, 2.05) is 0 Å². The fraction of sp³-hybridized carbons (Fsp3) is 0.750. The summed E-state index contributed by atoms with van der Waals surface area (Å²) in [6.07, 6.45) is -7.61. The van der Waals surface area contributed by atoms with Crippen LogP contribution in [0.15, 0.2) is 0 Å². The molecule has 11 nitrogen and oxygen atoms in total. The van der Waals surface area contributed by atoms with Crippen molar-refractivity contribution >= 4 is 23.9 Å². The van der Waals surface area contributed by atoms with Crippen molar-refractivity contribution < 1.29 is 53.1 Å².